The largest absolute Gasteiger partial charge is 0.467 e. The van der Waals surface area contributed by atoms with Crippen LogP contribution in [0.5, 0.6) is 0 Å². The van der Waals surface area contributed by atoms with Gasteiger partial charge in [-0.05, 0) is 18.1 Å². The number of hydrogen-bond donors (Lipinski definition) is 1. The van der Waals surface area contributed by atoms with Gasteiger partial charge in [0.2, 0.25) is 0 Å². The van der Waals surface area contributed by atoms with Crippen LogP contribution in [0.25, 0.3) is 0 Å². The summed E-state index contributed by atoms with van der Waals surface area (Å²) >= 11 is 0. The van der Waals surface area contributed by atoms with Crippen LogP contribution < -0.4 is 5.32 Å². The molecule has 0 spiro atoms. The van der Waals surface area contributed by atoms with E-state index in [4.69, 9.17) is 9.15 Å². The third-order valence-corrected chi connectivity index (χ3v) is 2.99. The molecule has 0 aromatic carbocycles. The molecule has 5 heteroatoms. The van der Waals surface area contributed by atoms with Crippen LogP contribution >= 0.6 is 0 Å². The number of hydrogen-bond acceptors (Lipinski definition) is 4. The Morgan fingerprint density at radius 3 is 2.90 bits per heavy atom. The number of ether oxygens (including phenoxy) is 1. The molecule has 0 radical (unpaired) electrons. The summed E-state index contributed by atoms with van der Waals surface area (Å²) in [7, 11) is 1.98. The molecule has 0 fully saturated rings. The predicted molar refractivity (Wildman–Crippen MR) is 77.4 cm³/mol. The summed E-state index contributed by atoms with van der Waals surface area (Å²) in [5.74, 6) is 2.36. The van der Waals surface area contributed by atoms with Crippen LogP contribution in [0.1, 0.15) is 31.5 Å². The fraction of sp³-hybridized carbons (Fsp3) is 0.533. The zero-order chi connectivity index (χ0) is 14.4. The van der Waals surface area contributed by atoms with E-state index in [2.05, 4.69) is 24.1 Å². The van der Waals surface area contributed by atoms with Gasteiger partial charge < -0.3 is 13.7 Å². The van der Waals surface area contributed by atoms with Gasteiger partial charge in [-0.1, -0.05) is 13.8 Å². The highest BCUT2D eigenvalue weighted by molar-refractivity contribution is 5.15. The second kappa shape index (κ2) is 7.26. The van der Waals surface area contributed by atoms with E-state index in [1.165, 1.54) is 0 Å². The van der Waals surface area contributed by atoms with Gasteiger partial charge in [0.25, 0.3) is 0 Å². The standard InChI is InChI=1S/C15H23N3O2/c1-12(2)11-19-10-7-16-14(13-5-4-9-20-13)15-17-6-8-18(15)3/h4-6,8-9,12,14,16H,7,10-11H2,1-3H3. The lowest BCUT2D eigenvalue weighted by Crippen LogP contribution is -2.28. The smallest absolute Gasteiger partial charge is 0.133 e. The second-order valence-corrected chi connectivity index (χ2v) is 5.27. The van der Waals surface area contributed by atoms with Crippen molar-refractivity contribution < 1.29 is 9.15 Å². The molecule has 0 saturated carbocycles. The maximum absolute atomic E-state index is 5.59. The van der Waals surface area contributed by atoms with Crippen LogP contribution in [0, 0.1) is 5.92 Å². The van der Waals surface area contributed by atoms with Crippen LogP contribution in [-0.2, 0) is 11.8 Å². The molecule has 2 rings (SSSR count). The summed E-state index contributed by atoms with van der Waals surface area (Å²) < 4.78 is 13.1. The maximum atomic E-state index is 5.59. The topological polar surface area (TPSA) is 52.2 Å². The van der Waals surface area contributed by atoms with Gasteiger partial charge in [0.05, 0.1) is 12.9 Å². The molecular weight excluding hydrogens is 254 g/mol. The van der Waals surface area contributed by atoms with Gasteiger partial charge in [-0.15, -0.1) is 0 Å². The highest BCUT2D eigenvalue weighted by Crippen LogP contribution is 2.20. The average Bonchev–Trinajstić information content (AvgIpc) is 3.05. The van der Waals surface area contributed by atoms with E-state index < -0.39 is 0 Å². The quantitative estimate of drug-likeness (QED) is 0.753. The first kappa shape index (κ1) is 14.8. The zero-order valence-corrected chi connectivity index (χ0v) is 12.4. The maximum Gasteiger partial charge on any atom is 0.133 e. The Labute approximate surface area is 120 Å². The van der Waals surface area contributed by atoms with E-state index in [1.807, 2.05) is 29.9 Å². The van der Waals surface area contributed by atoms with Crippen LogP contribution in [0.3, 0.4) is 0 Å². The van der Waals surface area contributed by atoms with Crippen molar-refractivity contribution in [2.75, 3.05) is 19.8 Å². The summed E-state index contributed by atoms with van der Waals surface area (Å²) in [6.45, 7) is 6.51. The molecule has 0 amide bonds. The van der Waals surface area contributed by atoms with Gasteiger partial charge in [0.1, 0.15) is 17.6 Å². The van der Waals surface area contributed by atoms with Crippen molar-refractivity contribution in [3.8, 4) is 0 Å². The SMILES string of the molecule is CC(C)COCCNC(c1ccco1)c1nccn1C. The molecule has 0 aliphatic carbocycles. The molecule has 2 aromatic rings. The molecule has 0 aliphatic heterocycles. The van der Waals surface area contributed by atoms with Crippen LogP contribution in [-0.4, -0.2) is 29.3 Å². The normalized spacial score (nSPS) is 13.0. The molecule has 1 unspecified atom stereocenters. The number of aryl methyl sites for hydroxylation is 1. The Morgan fingerprint density at radius 1 is 1.45 bits per heavy atom. The first-order valence-corrected chi connectivity index (χ1v) is 7.00. The van der Waals surface area contributed by atoms with Crippen molar-refractivity contribution in [1.82, 2.24) is 14.9 Å². The first-order chi connectivity index (χ1) is 9.68. The van der Waals surface area contributed by atoms with E-state index in [9.17, 15) is 0 Å². The average molecular weight is 277 g/mol. The molecule has 5 nitrogen and oxygen atoms in total. The number of nitrogens with one attached hydrogen (secondary N) is 1. The third kappa shape index (κ3) is 3.95. The van der Waals surface area contributed by atoms with Gasteiger partial charge in [-0.2, -0.15) is 0 Å². The van der Waals surface area contributed by atoms with E-state index >= 15 is 0 Å². The zero-order valence-electron chi connectivity index (χ0n) is 12.4. The van der Waals surface area contributed by atoms with Crippen LogP contribution in [0.4, 0.5) is 0 Å². The van der Waals surface area contributed by atoms with Crippen LogP contribution in [0.2, 0.25) is 0 Å². The van der Waals surface area contributed by atoms with Gasteiger partial charge in [-0.25, -0.2) is 4.98 Å². The Kier molecular flexibility index (Phi) is 5.38. The van der Waals surface area contributed by atoms with Gasteiger partial charge in [0, 0.05) is 32.6 Å². The lowest BCUT2D eigenvalue weighted by Gasteiger charge is -2.17. The molecule has 1 atom stereocenters. The molecule has 1 N–H and O–H groups in total. The van der Waals surface area contributed by atoms with Gasteiger partial charge in [0.15, 0.2) is 0 Å². The minimum Gasteiger partial charge on any atom is -0.467 e. The van der Waals surface area contributed by atoms with E-state index in [1.54, 1.807) is 12.5 Å². The lowest BCUT2D eigenvalue weighted by atomic mass is 10.2. The summed E-state index contributed by atoms with van der Waals surface area (Å²) in [6, 6.07) is 3.80. The molecule has 0 aliphatic rings. The number of nitrogens with zero attached hydrogens (tertiary/aromatic N) is 2. The fourth-order valence-corrected chi connectivity index (χ4v) is 2.02. The molecule has 110 valence electrons. The van der Waals surface area contributed by atoms with Crippen molar-refractivity contribution in [2.45, 2.75) is 19.9 Å². The lowest BCUT2D eigenvalue weighted by molar-refractivity contribution is 0.110. The minimum atomic E-state index is -0.0485. The van der Waals surface area contributed by atoms with E-state index in [0.29, 0.717) is 12.5 Å². The summed E-state index contributed by atoms with van der Waals surface area (Å²) in [4.78, 5) is 4.40. The second-order valence-electron chi connectivity index (χ2n) is 5.27. The Hall–Kier alpha value is -1.59. The number of imidazole rings is 1. The molecular formula is C15H23N3O2. The van der Waals surface area contributed by atoms with E-state index in [0.717, 1.165) is 24.7 Å². The highest BCUT2D eigenvalue weighted by atomic mass is 16.5. The number of aromatic nitrogens is 2. The molecule has 2 aromatic heterocycles. The first-order valence-electron chi connectivity index (χ1n) is 7.00. The molecule has 2 heterocycles. The monoisotopic (exact) mass is 277 g/mol. The number of rotatable bonds is 8. The molecule has 20 heavy (non-hydrogen) atoms. The summed E-state index contributed by atoms with van der Waals surface area (Å²) in [5.41, 5.74) is 0. The minimum absolute atomic E-state index is 0.0485. The molecule has 0 saturated heterocycles. The van der Waals surface area contributed by atoms with Gasteiger partial charge >= 0.3 is 0 Å². The Morgan fingerprint density at radius 2 is 2.30 bits per heavy atom. The van der Waals surface area contributed by atoms with E-state index in [-0.39, 0.29) is 6.04 Å². The highest BCUT2D eigenvalue weighted by Gasteiger charge is 2.19. The Bertz CT molecular complexity index is 491. The van der Waals surface area contributed by atoms with Crippen molar-refractivity contribution in [3.05, 3.63) is 42.4 Å². The summed E-state index contributed by atoms with van der Waals surface area (Å²) in [5, 5.41) is 3.44. The van der Waals surface area contributed by atoms with Gasteiger partial charge in [-0.3, -0.25) is 5.32 Å². The fourth-order valence-electron chi connectivity index (χ4n) is 2.02. The number of furan rings is 1. The van der Waals surface area contributed by atoms with Crippen molar-refractivity contribution >= 4 is 0 Å². The van der Waals surface area contributed by atoms with Crippen molar-refractivity contribution in [3.63, 3.8) is 0 Å². The predicted octanol–water partition coefficient (Wildman–Crippen LogP) is 2.36. The third-order valence-electron chi connectivity index (χ3n) is 2.99. The van der Waals surface area contributed by atoms with Crippen molar-refractivity contribution in [1.29, 1.82) is 0 Å². The molecule has 0 bridgehead atoms. The Balaban J connectivity index is 1.93. The van der Waals surface area contributed by atoms with Crippen LogP contribution in [0.15, 0.2) is 35.2 Å². The summed E-state index contributed by atoms with van der Waals surface area (Å²) in [6.07, 6.45) is 5.41. The van der Waals surface area contributed by atoms with Crippen molar-refractivity contribution in [2.24, 2.45) is 13.0 Å².